The van der Waals surface area contributed by atoms with Crippen LogP contribution in [0.15, 0.2) is 48.8 Å². The van der Waals surface area contributed by atoms with E-state index in [-0.39, 0.29) is 5.56 Å². The number of benzene rings is 2. The number of para-hydroxylation sites is 1. The van der Waals surface area contributed by atoms with Crippen LogP contribution in [0, 0.1) is 0 Å². The number of halogens is 1. The molecular weight excluding hydrogens is 290 g/mol. The van der Waals surface area contributed by atoms with Crippen molar-refractivity contribution in [3.8, 4) is 0 Å². The van der Waals surface area contributed by atoms with Gasteiger partial charge in [-0.15, -0.1) is 0 Å². The highest BCUT2D eigenvalue weighted by molar-refractivity contribution is 6.33. The van der Waals surface area contributed by atoms with Gasteiger partial charge in [0.15, 0.2) is 0 Å². The van der Waals surface area contributed by atoms with E-state index < -0.39 is 5.97 Å². The van der Waals surface area contributed by atoms with Gasteiger partial charge in [-0.1, -0.05) is 23.7 Å². The molecule has 21 heavy (non-hydrogen) atoms. The summed E-state index contributed by atoms with van der Waals surface area (Å²) in [7, 11) is 0. The molecule has 1 heterocycles. The summed E-state index contributed by atoms with van der Waals surface area (Å²) < 4.78 is 0. The monoisotopic (exact) mass is 299 g/mol. The van der Waals surface area contributed by atoms with Crippen LogP contribution in [0.3, 0.4) is 0 Å². The first-order valence-electron chi connectivity index (χ1n) is 6.15. The second-order valence-corrected chi connectivity index (χ2v) is 4.77. The highest BCUT2D eigenvalue weighted by Gasteiger charge is 2.09. The molecule has 0 aliphatic rings. The summed E-state index contributed by atoms with van der Waals surface area (Å²) in [4.78, 5) is 19.3. The molecule has 2 aromatic carbocycles. The Kier molecular flexibility index (Phi) is 3.41. The van der Waals surface area contributed by atoms with Crippen molar-refractivity contribution >= 4 is 40.0 Å². The van der Waals surface area contributed by atoms with Crippen molar-refractivity contribution in [2.45, 2.75) is 0 Å². The van der Waals surface area contributed by atoms with Crippen LogP contribution in [0.25, 0.3) is 10.9 Å². The molecule has 0 bridgehead atoms. The van der Waals surface area contributed by atoms with Gasteiger partial charge in [-0.05, 0) is 30.3 Å². The van der Waals surface area contributed by atoms with E-state index in [4.69, 9.17) is 16.7 Å². The molecule has 0 saturated carbocycles. The molecule has 0 fully saturated rings. The fourth-order valence-corrected chi connectivity index (χ4v) is 2.16. The van der Waals surface area contributed by atoms with E-state index in [1.165, 1.54) is 18.5 Å². The maximum absolute atomic E-state index is 11.0. The molecule has 6 heteroatoms. The van der Waals surface area contributed by atoms with Crippen molar-refractivity contribution in [2.75, 3.05) is 5.32 Å². The second kappa shape index (κ2) is 5.38. The van der Waals surface area contributed by atoms with Crippen LogP contribution in [-0.2, 0) is 0 Å². The molecule has 5 nitrogen and oxygen atoms in total. The van der Waals surface area contributed by atoms with E-state index in [0.717, 1.165) is 11.1 Å². The van der Waals surface area contributed by atoms with E-state index in [0.29, 0.717) is 16.4 Å². The topological polar surface area (TPSA) is 75.1 Å². The number of aromatic carboxylic acids is 1. The molecule has 1 aromatic heterocycles. The first kappa shape index (κ1) is 13.3. The van der Waals surface area contributed by atoms with Crippen molar-refractivity contribution in [1.82, 2.24) is 9.97 Å². The van der Waals surface area contributed by atoms with Crippen molar-refractivity contribution < 1.29 is 9.90 Å². The summed E-state index contributed by atoms with van der Waals surface area (Å²) in [5.74, 6) is -0.416. The number of nitrogens with one attached hydrogen (secondary N) is 1. The zero-order valence-corrected chi connectivity index (χ0v) is 11.5. The third-order valence-corrected chi connectivity index (χ3v) is 3.34. The molecule has 3 aromatic rings. The van der Waals surface area contributed by atoms with Crippen LogP contribution in [-0.4, -0.2) is 21.0 Å². The van der Waals surface area contributed by atoms with Gasteiger partial charge in [0.2, 0.25) is 0 Å². The summed E-state index contributed by atoms with van der Waals surface area (Å²) in [6.07, 6.45) is 1.38. The number of hydrogen-bond donors (Lipinski definition) is 2. The van der Waals surface area contributed by atoms with Gasteiger partial charge in [-0.2, -0.15) is 0 Å². The van der Waals surface area contributed by atoms with Crippen molar-refractivity contribution in [2.24, 2.45) is 0 Å². The number of carboxylic acid groups (broad SMARTS) is 1. The lowest BCUT2D eigenvalue weighted by molar-refractivity contribution is 0.0697. The Balaban J connectivity index is 2.07. The van der Waals surface area contributed by atoms with E-state index in [2.05, 4.69) is 15.3 Å². The highest BCUT2D eigenvalue weighted by atomic mass is 35.5. The molecule has 0 aliphatic heterocycles. The van der Waals surface area contributed by atoms with Gasteiger partial charge >= 0.3 is 5.97 Å². The SMILES string of the molecule is O=C(O)c1ccc2c(Nc3ccccc3Cl)ncnc2c1. The lowest BCUT2D eigenvalue weighted by atomic mass is 10.1. The minimum absolute atomic E-state index is 0.185. The Morgan fingerprint density at radius 1 is 1.14 bits per heavy atom. The van der Waals surface area contributed by atoms with Gasteiger partial charge in [0.25, 0.3) is 0 Å². The fraction of sp³-hybridized carbons (Fsp3) is 0. The fourth-order valence-electron chi connectivity index (χ4n) is 1.98. The molecular formula is C15H10ClN3O2. The Morgan fingerprint density at radius 2 is 1.95 bits per heavy atom. The van der Waals surface area contributed by atoms with Gasteiger partial charge in [-0.25, -0.2) is 14.8 Å². The molecule has 2 N–H and O–H groups in total. The zero-order valence-electron chi connectivity index (χ0n) is 10.7. The molecule has 0 aliphatic carbocycles. The van der Waals surface area contributed by atoms with E-state index in [1.807, 2.05) is 18.2 Å². The normalized spacial score (nSPS) is 10.5. The zero-order chi connectivity index (χ0) is 14.8. The third-order valence-electron chi connectivity index (χ3n) is 3.01. The van der Waals surface area contributed by atoms with Crippen LogP contribution < -0.4 is 5.32 Å². The number of carbonyl (C=O) groups is 1. The van der Waals surface area contributed by atoms with E-state index in [1.54, 1.807) is 12.1 Å². The average Bonchev–Trinajstić information content (AvgIpc) is 2.49. The Labute approximate surface area is 125 Å². The van der Waals surface area contributed by atoms with Gasteiger partial charge in [0.05, 0.1) is 21.8 Å². The maximum Gasteiger partial charge on any atom is 0.335 e. The average molecular weight is 300 g/mol. The van der Waals surface area contributed by atoms with Crippen molar-refractivity contribution in [3.63, 3.8) is 0 Å². The summed E-state index contributed by atoms with van der Waals surface area (Å²) in [6.45, 7) is 0. The molecule has 0 amide bonds. The summed E-state index contributed by atoms with van der Waals surface area (Å²) in [6, 6.07) is 12.0. The summed E-state index contributed by atoms with van der Waals surface area (Å²) in [5.41, 5.74) is 1.46. The van der Waals surface area contributed by atoms with Crippen molar-refractivity contribution in [3.05, 3.63) is 59.4 Å². The Morgan fingerprint density at radius 3 is 2.71 bits per heavy atom. The molecule has 0 spiro atoms. The molecule has 3 rings (SSSR count). The lowest BCUT2D eigenvalue weighted by Crippen LogP contribution is -1.99. The second-order valence-electron chi connectivity index (χ2n) is 4.36. The van der Waals surface area contributed by atoms with E-state index >= 15 is 0 Å². The summed E-state index contributed by atoms with van der Waals surface area (Å²) >= 11 is 6.11. The lowest BCUT2D eigenvalue weighted by Gasteiger charge is -2.09. The summed E-state index contributed by atoms with van der Waals surface area (Å²) in [5, 5.41) is 13.4. The van der Waals surface area contributed by atoms with Crippen molar-refractivity contribution in [1.29, 1.82) is 0 Å². The van der Waals surface area contributed by atoms with Gasteiger partial charge in [0, 0.05) is 5.39 Å². The van der Waals surface area contributed by atoms with Crippen LogP contribution in [0.5, 0.6) is 0 Å². The quantitative estimate of drug-likeness (QED) is 0.771. The molecule has 104 valence electrons. The standard InChI is InChI=1S/C15H10ClN3O2/c16-11-3-1-2-4-12(11)19-14-10-6-5-9(15(20)21)7-13(10)17-8-18-14/h1-8H,(H,20,21)(H,17,18,19). The van der Waals surface area contributed by atoms with Gasteiger partial charge < -0.3 is 10.4 Å². The largest absolute Gasteiger partial charge is 0.478 e. The number of nitrogens with zero attached hydrogens (tertiary/aromatic N) is 2. The highest BCUT2D eigenvalue weighted by Crippen LogP contribution is 2.27. The first-order valence-corrected chi connectivity index (χ1v) is 6.52. The smallest absolute Gasteiger partial charge is 0.335 e. The van der Waals surface area contributed by atoms with Crippen LogP contribution in [0.4, 0.5) is 11.5 Å². The van der Waals surface area contributed by atoms with E-state index in [9.17, 15) is 4.79 Å². The first-order chi connectivity index (χ1) is 10.1. The Hall–Kier alpha value is -2.66. The van der Waals surface area contributed by atoms with Crippen LogP contribution in [0.1, 0.15) is 10.4 Å². The maximum atomic E-state index is 11.0. The number of carboxylic acids is 1. The van der Waals surface area contributed by atoms with Crippen LogP contribution in [0.2, 0.25) is 5.02 Å². The predicted molar refractivity (Wildman–Crippen MR) is 81.2 cm³/mol. The number of anilines is 2. The number of hydrogen-bond acceptors (Lipinski definition) is 4. The van der Waals surface area contributed by atoms with Crippen LogP contribution >= 0.6 is 11.6 Å². The van der Waals surface area contributed by atoms with Gasteiger partial charge in [-0.3, -0.25) is 0 Å². The molecule has 0 atom stereocenters. The minimum atomic E-state index is -0.990. The molecule has 0 radical (unpaired) electrons. The minimum Gasteiger partial charge on any atom is -0.478 e. The molecule has 0 saturated heterocycles. The number of aromatic nitrogens is 2. The number of fused-ring (bicyclic) bond motifs is 1. The van der Waals surface area contributed by atoms with Gasteiger partial charge in [0.1, 0.15) is 12.1 Å². The third kappa shape index (κ3) is 2.64. The number of rotatable bonds is 3. The molecule has 0 unspecified atom stereocenters. The predicted octanol–water partition coefficient (Wildman–Crippen LogP) is 3.73. The Bertz CT molecular complexity index is 836.